The van der Waals surface area contributed by atoms with Gasteiger partial charge in [-0.25, -0.2) is 4.31 Å². The van der Waals surface area contributed by atoms with Crippen LogP contribution in [0, 0.1) is 0 Å². The summed E-state index contributed by atoms with van der Waals surface area (Å²) >= 11 is 1.63. The molecular formula is C25H24N4O4S. The van der Waals surface area contributed by atoms with E-state index < -0.39 is 0 Å². The number of ketones is 1. The number of furan rings is 1. The van der Waals surface area contributed by atoms with Crippen LogP contribution in [0.15, 0.2) is 58.9 Å². The minimum atomic E-state index is -0.280. The highest BCUT2D eigenvalue weighted by molar-refractivity contribution is 7.99. The number of phenolic OH excluding ortho intramolecular Hbond substituents is 1. The van der Waals surface area contributed by atoms with E-state index in [1.165, 1.54) is 0 Å². The van der Waals surface area contributed by atoms with Crippen LogP contribution in [0.1, 0.15) is 21.8 Å². The second kappa shape index (κ2) is 9.38. The van der Waals surface area contributed by atoms with Crippen LogP contribution in [0.25, 0.3) is 21.9 Å². The number of anilines is 1. The summed E-state index contributed by atoms with van der Waals surface area (Å²) in [7, 11) is 0. The van der Waals surface area contributed by atoms with Crippen molar-refractivity contribution < 1.29 is 19.1 Å². The molecule has 3 heterocycles. The number of hydrogen-bond acceptors (Lipinski definition) is 7. The second-order valence-electron chi connectivity index (χ2n) is 8.14. The lowest BCUT2D eigenvalue weighted by Gasteiger charge is -2.33. The zero-order valence-electron chi connectivity index (χ0n) is 18.4. The van der Waals surface area contributed by atoms with Gasteiger partial charge in [-0.15, -0.1) is 0 Å². The summed E-state index contributed by atoms with van der Waals surface area (Å²) in [6, 6.07) is 12.1. The fraction of sp³-hybridized carbons (Fsp3) is 0.200. The molecule has 3 N–H and O–H groups in total. The number of amides is 1. The zero-order chi connectivity index (χ0) is 23.7. The molecule has 5 rings (SSSR count). The van der Waals surface area contributed by atoms with Crippen molar-refractivity contribution in [1.82, 2.24) is 14.2 Å². The van der Waals surface area contributed by atoms with Crippen LogP contribution in [-0.2, 0) is 11.3 Å². The minimum absolute atomic E-state index is 0.200. The van der Waals surface area contributed by atoms with Crippen LogP contribution in [0.3, 0.4) is 0 Å². The number of aromatic amines is 1. The van der Waals surface area contributed by atoms with Gasteiger partial charge in [0.15, 0.2) is 5.76 Å². The standard InChI is InChI=1S/C25H24N4O4S/c1-2-34-29-9-7-28(8-10-29)14-19-18-13-21(27-20(18)4-5-22(19)31)25(32)24-12-16-11-17(26-15-30)3-6-23(16)33-24/h2-6,11-13,15,27,31H,1,7-10,14H2,(H,26,30). The van der Waals surface area contributed by atoms with Crippen LogP contribution in [0.5, 0.6) is 5.75 Å². The first kappa shape index (κ1) is 22.3. The van der Waals surface area contributed by atoms with E-state index in [1.54, 1.807) is 54.4 Å². The monoisotopic (exact) mass is 476 g/mol. The lowest BCUT2D eigenvalue weighted by atomic mass is 10.1. The van der Waals surface area contributed by atoms with Gasteiger partial charge in [0.1, 0.15) is 11.3 Å². The Morgan fingerprint density at radius 3 is 2.76 bits per heavy atom. The Bertz CT molecular complexity index is 1380. The van der Waals surface area contributed by atoms with Gasteiger partial charge in [-0.3, -0.25) is 14.5 Å². The Balaban J connectivity index is 1.41. The van der Waals surface area contributed by atoms with E-state index in [-0.39, 0.29) is 17.3 Å². The number of carbonyl (C=O) groups excluding carboxylic acids is 2. The quantitative estimate of drug-likeness (QED) is 0.198. The normalized spacial score (nSPS) is 15.1. The summed E-state index contributed by atoms with van der Waals surface area (Å²) in [6.45, 7) is 7.96. The lowest BCUT2D eigenvalue weighted by molar-refractivity contribution is -0.105. The maximum absolute atomic E-state index is 13.2. The van der Waals surface area contributed by atoms with Crippen molar-refractivity contribution in [2.75, 3.05) is 31.5 Å². The first-order chi connectivity index (χ1) is 16.6. The number of nitrogens with one attached hydrogen (secondary N) is 2. The molecule has 174 valence electrons. The van der Waals surface area contributed by atoms with Crippen LogP contribution in [0.4, 0.5) is 5.69 Å². The van der Waals surface area contributed by atoms with E-state index in [0.717, 1.165) is 48.0 Å². The third kappa shape index (κ3) is 4.33. The number of nitrogens with zero attached hydrogens (tertiary/aromatic N) is 2. The van der Waals surface area contributed by atoms with E-state index >= 15 is 0 Å². The highest BCUT2D eigenvalue weighted by Crippen LogP contribution is 2.31. The molecule has 2 aromatic carbocycles. The number of piperazine rings is 1. The molecule has 34 heavy (non-hydrogen) atoms. The Morgan fingerprint density at radius 1 is 1.18 bits per heavy atom. The lowest BCUT2D eigenvalue weighted by Crippen LogP contribution is -2.42. The second-order valence-corrected chi connectivity index (χ2v) is 9.20. The molecule has 0 bridgehead atoms. The molecular weight excluding hydrogens is 452 g/mol. The van der Waals surface area contributed by atoms with Gasteiger partial charge >= 0.3 is 0 Å². The van der Waals surface area contributed by atoms with Gasteiger partial charge in [-0.05, 0) is 47.9 Å². The van der Waals surface area contributed by atoms with Crippen molar-refractivity contribution in [2.45, 2.75) is 6.54 Å². The van der Waals surface area contributed by atoms with Gasteiger partial charge in [-0.2, -0.15) is 0 Å². The molecule has 1 aliphatic heterocycles. The molecule has 1 fully saturated rings. The Morgan fingerprint density at radius 2 is 2.00 bits per heavy atom. The third-order valence-electron chi connectivity index (χ3n) is 6.04. The number of aromatic nitrogens is 1. The first-order valence-electron chi connectivity index (χ1n) is 10.9. The molecule has 1 amide bonds. The van der Waals surface area contributed by atoms with E-state index in [2.05, 4.69) is 26.1 Å². The van der Waals surface area contributed by atoms with Crippen molar-refractivity contribution in [3.63, 3.8) is 0 Å². The number of rotatable bonds is 8. The fourth-order valence-electron chi connectivity index (χ4n) is 4.31. The highest BCUT2D eigenvalue weighted by atomic mass is 32.2. The van der Waals surface area contributed by atoms with Crippen LogP contribution in [0.2, 0.25) is 0 Å². The third-order valence-corrected chi connectivity index (χ3v) is 6.85. The molecule has 8 nitrogen and oxygen atoms in total. The van der Waals surface area contributed by atoms with Crippen LogP contribution >= 0.6 is 11.9 Å². The molecule has 0 radical (unpaired) electrons. The summed E-state index contributed by atoms with van der Waals surface area (Å²) in [4.78, 5) is 29.4. The summed E-state index contributed by atoms with van der Waals surface area (Å²) in [6.07, 6.45) is 0.602. The van der Waals surface area contributed by atoms with E-state index in [4.69, 9.17) is 4.42 Å². The number of fused-ring (bicyclic) bond motifs is 2. The number of H-pyrrole nitrogens is 1. The highest BCUT2D eigenvalue weighted by Gasteiger charge is 2.22. The number of benzene rings is 2. The van der Waals surface area contributed by atoms with Gasteiger partial charge < -0.3 is 19.8 Å². The van der Waals surface area contributed by atoms with E-state index in [0.29, 0.717) is 29.9 Å². The van der Waals surface area contributed by atoms with Gasteiger partial charge in [0, 0.05) is 60.3 Å². The minimum Gasteiger partial charge on any atom is -0.508 e. The molecule has 4 aromatic rings. The molecule has 1 saturated heterocycles. The first-order valence-corrected chi connectivity index (χ1v) is 11.8. The number of carbonyl (C=O) groups is 2. The number of phenols is 1. The molecule has 0 aliphatic carbocycles. The molecule has 2 aromatic heterocycles. The van der Waals surface area contributed by atoms with Gasteiger partial charge in [-0.1, -0.05) is 18.5 Å². The van der Waals surface area contributed by atoms with E-state index in [9.17, 15) is 14.7 Å². The van der Waals surface area contributed by atoms with Crippen molar-refractivity contribution in [3.05, 3.63) is 71.5 Å². The van der Waals surface area contributed by atoms with Crippen molar-refractivity contribution in [2.24, 2.45) is 0 Å². The van der Waals surface area contributed by atoms with Crippen LogP contribution in [-0.4, -0.2) is 57.7 Å². The predicted octanol–water partition coefficient (Wildman–Crippen LogP) is 4.33. The SMILES string of the molecule is C=CSN1CCN(Cc2c(O)ccc3[nH]c(C(=O)c4cc5cc(NC=O)ccc5o4)cc23)CC1. The van der Waals surface area contributed by atoms with Crippen molar-refractivity contribution in [3.8, 4) is 5.75 Å². The molecule has 9 heteroatoms. The number of aromatic hydroxyl groups is 1. The maximum Gasteiger partial charge on any atom is 0.244 e. The van der Waals surface area contributed by atoms with Gasteiger partial charge in [0.25, 0.3) is 0 Å². The van der Waals surface area contributed by atoms with Crippen molar-refractivity contribution in [1.29, 1.82) is 0 Å². The molecule has 1 aliphatic rings. The van der Waals surface area contributed by atoms with Crippen LogP contribution < -0.4 is 5.32 Å². The van der Waals surface area contributed by atoms with E-state index in [1.807, 2.05) is 5.41 Å². The topological polar surface area (TPSA) is 102 Å². The number of hydrogen-bond donors (Lipinski definition) is 3. The van der Waals surface area contributed by atoms with Gasteiger partial charge in [0.2, 0.25) is 12.2 Å². The maximum atomic E-state index is 13.2. The Kier molecular flexibility index (Phi) is 6.14. The largest absolute Gasteiger partial charge is 0.508 e. The summed E-state index contributed by atoms with van der Waals surface area (Å²) in [5, 5.41) is 16.6. The molecule has 0 atom stereocenters. The fourth-order valence-corrected chi connectivity index (χ4v) is 4.89. The Hall–Kier alpha value is -3.53. The summed E-state index contributed by atoms with van der Waals surface area (Å²) in [5.41, 5.74) is 3.15. The smallest absolute Gasteiger partial charge is 0.244 e. The van der Waals surface area contributed by atoms with Crippen molar-refractivity contribution >= 4 is 51.7 Å². The molecule has 0 unspecified atom stereocenters. The predicted molar refractivity (Wildman–Crippen MR) is 134 cm³/mol. The zero-order valence-corrected chi connectivity index (χ0v) is 19.2. The Labute approximate surface area is 200 Å². The summed E-state index contributed by atoms with van der Waals surface area (Å²) < 4.78 is 8.03. The average molecular weight is 477 g/mol. The molecule has 0 saturated carbocycles. The van der Waals surface area contributed by atoms with Gasteiger partial charge in [0.05, 0.1) is 5.69 Å². The average Bonchev–Trinajstić information content (AvgIpc) is 3.46. The summed E-state index contributed by atoms with van der Waals surface area (Å²) in [5.74, 6) is 0.136. The molecule has 0 spiro atoms.